The minimum absolute atomic E-state index is 0.124. The molecule has 1 aliphatic rings. The zero-order chi connectivity index (χ0) is 15.9. The lowest BCUT2D eigenvalue weighted by Crippen LogP contribution is -2.43. The number of hydrogen-bond acceptors (Lipinski definition) is 5. The molecule has 1 rings (SSSR count). The van der Waals surface area contributed by atoms with E-state index in [0.717, 1.165) is 19.8 Å². The van der Waals surface area contributed by atoms with Gasteiger partial charge in [0.2, 0.25) is 0 Å². The molecule has 0 spiro atoms. The number of nitrogens with one attached hydrogen (secondary N) is 1. The van der Waals surface area contributed by atoms with Gasteiger partial charge in [0.25, 0.3) is 0 Å². The average Bonchev–Trinajstić information content (AvgIpc) is 2.26. The number of carbonyl (C=O) groups excluding carboxylic acids is 2. The number of rotatable bonds is 1. The van der Waals surface area contributed by atoms with Crippen molar-refractivity contribution in [3.8, 4) is 0 Å². The van der Waals surface area contributed by atoms with Crippen LogP contribution in [0.2, 0.25) is 0 Å². The van der Waals surface area contributed by atoms with Gasteiger partial charge in [-0.1, -0.05) is 0 Å². The van der Waals surface area contributed by atoms with Gasteiger partial charge in [0.15, 0.2) is 0 Å². The summed E-state index contributed by atoms with van der Waals surface area (Å²) < 4.78 is 5.27. The van der Waals surface area contributed by atoms with Crippen molar-refractivity contribution in [1.82, 2.24) is 4.90 Å². The Kier molecular flexibility index (Phi) is 7.02. The fourth-order valence-electron chi connectivity index (χ4n) is 1.70. The average molecular weight is 286 g/mol. The number of aliphatic carboxylic acids is 1. The highest BCUT2D eigenvalue weighted by Gasteiger charge is 2.27. The van der Waals surface area contributed by atoms with Gasteiger partial charge < -0.3 is 25.3 Å². The monoisotopic (exact) mass is 286 g/mol. The molecule has 0 aromatic heterocycles. The van der Waals surface area contributed by atoms with Crippen LogP contribution in [-0.2, 0) is 9.53 Å². The quantitative estimate of drug-likeness (QED) is 0.531. The molecule has 1 aliphatic heterocycles. The van der Waals surface area contributed by atoms with Crippen LogP contribution in [0, 0.1) is 11.3 Å². The van der Waals surface area contributed by atoms with E-state index in [1.165, 1.54) is 0 Å². The largest absolute Gasteiger partial charge is 0.550 e. The molecule has 3 N–H and O–H groups in total. The number of amidine groups is 1. The first kappa shape index (κ1) is 18.2. The number of piperidine rings is 1. The van der Waals surface area contributed by atoms with Crippen LogP contribution in [0.15, 0.2) is 0 Å². The van der Waals surface area contributed by atoms with Crippen LogP contribution in [-0.4, -0.2) is 41.5 Å². The first-order chi connectivity index (χ1) is 9.03. The van der Waals surface area contributed by atoms with E-state index >= 15 is 0 Å². The number of carboxylic acid groups (broad SMARTS) is 1. The molecule has 1 heterocycles. The number of carboxylic acids is 1. The van der Waals surface area contributed by atoms with E-state index in [4.69, 9.17) is 25.8 Å². The summed E-state index contributed by atoms with van der Waals surface area (Å²) in [4.78, 5) is 22.3. The van der Waals surface area contributed by atoms with Gasteiger partial charge >= 0.3 is 6.09 Å². The second-order valence-corrected chi connectivity index (χ2v) is 5.69. The number of nitrogens with zero attached hydrogens (tertiary/aromatic N) is 1. The second kappa shape index (κ2) is 7.72. The van der Waals surface area contributed by atoms with Gasteiger partial charge in [-0.15, -0.1) is 0 Å². The van der Waals surface area contributed by atoms with Gasteiger partial charge in [-0.2, -0.15) is 0 Å². The Morgan fingerprint density at radius 2 is 1.70 bits per heavy atom. The van der Waals surface area contributed by atoms with Gasteiger partial charge in [0.1, 0.15) is 5.60 Å². The Morgan fingerprint density at radius 3 is 2.00 bits per heavy atom. The van der Waals surface area contributed by atoms with Crippen molar-refractivity contribution in [1.29, 1.82) is 5.41 Å². The number of ether oxygens (including phenoxy) is 1. The van der Waals surface area contributed by atoms with Gasteiger partial charge in [0, 0.05) is 25.0 Å². The van der Waals surface area contributed by atoms with Crippen molar-refractivity contribution in [3.63, 3.8) is 0 Å². The molecular weight excluding hydrogens is 262 g/mol. The Morgan fingerprint density at radius 1 is 1.30 bits per heavy atom. The van der Waals surface area contributed by atoms with Crippen LogP contribution in [0.5, 0.6) is 0 Å². The summed E-state index contributed by atoms with van der Waals surface area (Å²) >= 11 is 0. The van der Waals surface area contributed by atoms with E-state index in [1.54, 1.807) is 4.90 Å². The van der Waals surface area contributed by atoms with Crippen molar-refractivity contribution >= 4 is 17.9 Å². The molecule has 0 unspecified atom stereocenters. The highest BCUT2D eigenvalue weighted by molar-refractivity contribution is 5.80. The van der Waals surface area contributed by atoms with E-state index in [-0.39, 0.29) is 17.8 Å². The number of likely N-dealkylation sites (tertiary alicyclic amines) is 1. The molecule has 1 amide bonds. The minimum atomic E-state index is -1.08. The molecule has 0 radical (unpaired) electrons. The van der Waals surface area contributed by atoms with E-state index in [2.05, 4.69) is 0 Å². The predicted octanol–water partition coefficient (Wildman–Crippen LogP) is 0.326. The summed E-state index contributed by atoms with van der Waals surface area (Å²) in [6.45, 7) is 7.78. The van der Waals surface area contributed by atoms with Crippen LogP contribution >= 0.6 is 0 Å². The molecule has 20 heavy (non-hydrogen) atoms. The molecule has 1 fully saturated rings. The molecular formula is C13H24N3O4-. The highest BCUT2D eigenvalue weighted by Crippen LogP contribution is 2.19. The summed E-state index contributed by atoms with van der Waals surface area (Å²) in [5.74, 6) is -0.734. The van der Waals surface area contributed by atoms with Crippen LogP contribution in [0.25, 0.3) is 0 Å². The summed E-state index contributed by atoms with van der Waals surface area (Å²) in [6.07, 6.45) is 1.25. The predicted molar refractivity (Wildman–Crippen MR) is 73.1 cm³/mol. The SMILES string of the molecule is CC(=O)[O-].CC(C)(C)OC(=O)N1CCC(C(=N)N)CC1. The summed E-state index contributed by atoms with van der Waals surface area (Å²) in [7, 11) is 0. The van der Waals surface area contributed by atoms with Gasteiger partial charge in [-0.3, -0.25) is 5.41 Å². The minimum Gasteiger partial charge on any atom is -0.550 e. The van der Waals surface area contributed by atoms with Gasteiger partial charge in [-0.25, -0.2) is 4.79 Å². The van der Waals surface area contributed by atoms with E-state index in [1.807, 2.05) is 20.8 Å². The maximum absolute atomic E-state index is 11.7. The zero-order valence-electron chi connectivity index (χ0n) is 12.6. The van der Waals surface area contributed by atoms with Crippen LogP contribution in [0.1, 0.15) is 40.5 Å². The van der Waals surface area contributed by atoms with Crippen molar-refractivity contribution in [2.75, 3.05) is 13.1 Å². The maximum Gasteiger partial charge on any atom is 0.410 e. The van der Waals surface area contributed by atoms with Gasteiger partial charge in [-0.05, 0) is 40.5 Å². The van der Waals surface area contributed by atoms with Crippen LogP contribution in [0.4, 0.5) is 4.79 Å². The maximum atomic E-state index is 11.7. The summed E-state index contributed by atoms with van der Waals surface area (Å²) in [5.41, 5.74) is 4.99. The van der Waals surface area contributed by atoms with E-state index in [0.29, 0.717) is 13.1 Å². The summed E-state index contributed by atoms with van der Waals surface area (Å²) in [6, 6.07) is 0. The van der Waals surface area contributed by atoms with E-state index in [9.17, 15) is 4.79 Å². The third-order valence-electron chi connectivity index (χ3n) is 2.59. The number of carbonyl (C=O) groups is 2. The van der Waals surface area contributed by atoms with Crippen molar-refractivity contribution in [2.24, 2.45) is 11.7 Å². The number of nitrogens with two attached hydrogens (primary N) is 1. The molecule has 0 aliphatic carbocycles. The molecule has 7 nitrogen and oxygen atoms in total. The van der Waals surface area contributed by atoms with Crippen molar-refractivity contribution in [3.05, 3.63) is 0 Å². The fraction of sp³-hybridized carbons (Fsp3) is 0.769. The van der Waals surface area contributed by atoms with Crippen LogP contribution in [0.3, 0.4) is 0 Å². The third kappa shape index (κ3) is 8.34. The molecule has 7 heteroatoms. The standard InChI is InChI=1S/C11H21N3O2.C2H4O2/c1-11(2,3)16-10(15)14-6-4-8(5-7-14)9(12)13;1-2(3)4/h8H,4-7H2,1-3H3,(H3,12,13);1H3,(H,3,4)/p-1. The van der Waals surface area contributed by atoms with Crippen molar-refractivity contribution in [2.45, 2.75) is 46.1 Å². The number of amides is 1. The Hall–Kier alpha value is -1.79. The Balaban J connectivity index is 0.000000796. The van der Waals surface area contributed by atoms with Gasteiger partial charge in [0.05, 0.1) is 5.84 Å². The molecule has 0 atom stereocenters. The first-order valence-electron chi connectivity index (χ1n) is 6.52. The zero-order valence-corrected chi connectivity index (χ0v) is 12.6. The lowest BCUT2D eigenvalue weighted by molar-refractivity contribution is -0.302. The van der Waals surface area contributed by atoms with E-state index < -0.39 is 11.6 Å². The van der Waals surface area contributed by atoms with Crippen LogP contribution < -0.4 is 10.8 Å². The smallest absolute Gasteiger partial charge is 0.410 e. The summed E-state index contributed by atoms with van der Waals surface area (Å²) in [5, 5.41) is 16.2. The molecule has 116 valence electrons. The Bertz CT molecular complexity index is 351. The molecule has 0 saturated carbocycles. The topological polar surface area (TPSA) is 120 Å². The molecule has 0 bridgehead atoms. The lowest BCUT2D eigenvalue weighted by atomic mass is 9.96. The van der Waals surface area contributed by atoms with Crippen molar-refractivity contribution < 1.29 is 19.4 Å². The normalized spacial score (nSPS) is 15.9. The molecule has 1 saturated heterocycles. The molecule has 0 aromatic rings. The third-order valence-corrected chi connectivity index (χ3v) is 2.59. The molecule has 0 aromatic carbocycles. The second-order valence-electron chi connectivity index (χ2n) is 5.69. The fourth-order valence-corrected chi connectivity index (χ4v) is 1.70. The first-order valence-corrected chi connectivity index (χ1v) is 6.52. The lowest BCUT2D eigenvalue weighted by Gasteiger charge is -2.32. The number of hydrogen-bond donors (Lipinski definition) is 2. The Labute approximate surface area is 119 Å². The highest BCUT2D eigenvalue weighted by atomic mass is 16.6.